The Balaban J connectivity index is 3.13. The molecule has 0 atom stereocenters. The fourth-order valence-corrected chi connectivity index (χ4v) is 1.45. The van der Waals surface area contributed by atoms with Gasteiger partial charge in [-0.2, -0.15) is 18.4 Å². The normalized spacial score (nSPS) is 10.8. The van der Waals surface area contributed by atoms with Gasteiger partial charge in [-0.1, -0.05) is 0 Å². The molecule has 0 aliphatic heterocycles. The van der Waals surface area contributed by atoms with Gasteiger partial charge < -0.3 is 4.74 Å². The average molecular weight is 257 g/mol. The number of halogens is 3. The van der Waals surface area contributed by atoms with Gasteiger partial charge in [-0.25, -0.2) is 0 Å². The minimum Gasteiger partial charge on any atom is -0.466 e. The van der Waals surface area contributed by atoms with E-state index in [1.165, 1.54) is 0 Å². The van der Waals surface area contributed by atoms with E-state index in [9.17, 15) is 18.0 Å². The molecule has 0 unspecified atom stereocenters. The van der Waals surface area contributed by atoms with E-state index in [4.69, 9.17) is 5.26 Å². The van der Waals surface area contributed by atoms with Gasteiger partial charge in [0.1, 0.15) is 0 Å². The summed E-state index contributed by atoms with van der Waals surface area (Å²) < 4.78 is 42.7. The lowest BCUT2D eigenvalue weighted by Crippen LogP contribution is -2.14. The molecular formula is C12H10F3NO2. The molecule has 96 valence electrons. The van der Waals surface area contributed by atoms with Gasteiger partial charge in [0.15, 0.2) is 0 Å². The summed E-state index contributed by atoms with van der Waals surface area (Å²) in [6, 6.07) is 4.65. The summed E-state index contributed by atoms with van der Waals surface area (Å²) in [7, 11) is 0. The molecule has 0 spiro atoms. The summed E-state index contributed by atoms with van der Waals surface area (Å²) >= 11 is 0. The number of carbonyl (C=O) groups excluding carboxylic acids is 1. The summed E-state index contributed by atoms with van der Waals surface area (Å²) in [5.41, 5.74) is -1.10. The van der Waals surface area contributed by atoms with E-state index in [0.29, 0.717) is 0 Å². The molecule has 3 nitrogen and oxygen atoms in total. The summed E-state index contributed by atoms with van der Waals surface area (Å²) in [5.74, 6) is -0.752. The van der Waals surface area contributed by atoms with Crippen molar-refractivity contribution in [3.05, 3.63) is 34.9 Å². The zero-order valence-corrected chi connectivity index (χ0v) is 9.54. The SMILES string of the molecule is CCOC(=O)Cc1cc(C#N)ccc1C(F)(F)F. The zero-order valence-electron chi connectivity index (χ0n) is 9.54. The zero-order chi connectivity index (χ0) is 13.8. The van der Waals surface area contributed by atoms with Crippen molar-refractivity contribution in [2.75, 3.05) is 6.61 Å². The molecule has 0 aliphatic carbocycles. The second-order valence-electron chi connectivity index (χ2n) is 3.46. The molecule has 0 bridgehead atoms. The minimum absolute atomic E-state index is 0.0716. The maximum absolute atomic E-state index is 12.7. The number of alkyl halides is 3. The Labute approximate surface area is 102 Å². The van der Waals surface area contributed by atoms with Crippen LogP contribution in [-0.2, 0) is 22.1 Å². The Kier molecular flexibility index (Phi) is 4.32. The molecule has 18 heavy (non-hydrogen) atoms. The Morgan fingerprint density at radius 2 is 2.11 bits per heavy atom. The minimum atomic E-state index is -4.56. The number of benzene rings is 1. The number of rotatable bonds is 3. The summed E-state index contributed by atoms with van der Waals surface area (Å²) in [4.78, 5) is 11.2. The molecule has 0 amide bonds. The third-order valence-electron chi connectivity index (χ3n) is 2.18. The first kappa shape index (κ1) is 14.0. The topological polar surface area (TPSA) is 50.1 Å². The number of ether oxygens (including phenoxy) is 1. The molecule has 0 fully saturated rings. The van der Waals surface area contributed by atoms with Crippen molar-refractivity contribution in [3.8, 4) is 6.07 Å². The lowest BCUT2D eigenvalue weighted by atomic mass is 10.0. The number of carbonyl (C=O) groups is 1. The molecular weight excluding hydrogens is 247 g/mol. The van der Waals surface area contributed by atoms with E-state index in [1.807, 2.05) is 0 Å². The van der Waals surface area contributed by atoms with Crippen LogP contribution in [0, 0.1) is 11.3 Å². The number of nitriles is 1. The first-order valence-electron chi connectivity index (χ1n) is 5.14. The molecule has 0 aromatic heterocycles. The van der Waals surface area contributed by atoms with Crippen LogP contribution >= 0.6 is 0 Å². The Bertz CT molecular complexity index is 489. The highest BCUT2D eigenvalue weighted by Gasteiger charge is 2.33. The van der Waals surface area contributed by atoms with Crippen molar-refractivity contribution < 1.29 is 22.7 Å². The summed E-state index contributed by atoms with van der Waals surface area (Å²) in [6.07, 6.45) is -5.06. The summed E-state index contributed by atoms with van der Waals surface area (Å²) in [6.45, 7) is 1.66. The molecule has 1 rings (SSSR count). The van der Waals surface area contributed by atoms with Crippen molar-refractivity contribution in [2.24, 2.45) is 0 Å². The predicted molar refractivity (Wildman–Crippen MR) is 56.5 cm³/mol. The number of hydrogen-bond donors (Lipinski definition) is 0. The average Bonchev–Trinajstić information content (AvgIpc) is 2.27. The quantitative estimate of drug-likeness (QED) is 0.782. The maximum Gasteiger partial charge on any atom is 0.416 e. The highest BCUT2D eigenvalue weighted by molar-refractivity contribution is 5.73. The maximum atomic E-state index is 12.7. The van der Waals surface area contributed by atoms with Crippen LogP contribution in [0.25, 0.3) is 0 Å². The highest BCUT2D eigenvalue weighted by Crippen LogP contribution is 2.32. The monoisotopic (exact) mass is 257 g/mol. The first-order chi connectivity index (χ1) is 8.38. The fraction of sp³-hybridized carbons (Fsp3) is 0.333. The van der Waals surface area contributed by atoms with Crippen LogP contribution in [0.4, 0.5) is 13.2 Å². The molecule has 0 radical (unpaired) electrons. The molecule has 0 saturated carbocycles. The second kappa shape index (κ2) is 5.54. The molecule has 0 aliphatic rings. The molecule has 6 heteroatoms. The standard InChI is InChI=1S/C12H10F3NO2/c1-2-18-11(17)6-9-5-8(7-16)3-4-10(9)12(13,14)15/h3-5H,2,6H2,1H3. The van der Waals surface area contributed by atoms with Crippen molar-refractivity contribution >= 4 is 5.97 Å². The van der Waals surface area contributed by atoms with E-state index < -0.39 is 24.1 Å². The largest absolute Gasteiger partial charge is 0.466 e. The number of esters is 1. The van der Waals surface area contributed by atoms with Gasteiger partial charge in [0, 0.05) is 0 Å². The van der Waals surface area contributed by atoms with Gasteiger partial charge in [-0.15, -0.1) is 0 Å². The third-order valence-corrected chi connectivity index (χ3v) is 2.18. The predicted octanol–water partition coefficient (Wildman–Crippen LogP) is 2.68. The Morgan fingerprint density at radius 1 is 1.44 bits per heavy atom. The van der Waals surface area contributed by atoms with Gasteiger partial charge in [-0.3, -0.25) is 4.79 Å². The van der Waals surface area contributed by atoms with Crippen LogP contribution in [-0.4, -0.2) is 12.6 Å². The summed E-state index contributed by atoms with van der Waals surface area (Å²) in [5, 5.41) is 8.65. The van der Waals surface area contributed by atoms with Crippen molar-refractivity contribution in [3.63, 3.8) is 0 Å². The van der Waals surface area contributed by atoms with Gasteiger partial charge in [0.2, 0.25) is 0 Å². The van der Waals surface area contributed by atoms with Crippen molar-refractivity contribution in [2.45, 2.75) is 19.5 Å². The smallest absolute Gasteiger partial charge is 0.416 e. The molecule has 1 aromatic carbocycles. The Hall–Kier alpha value is -2.03. The van der Waals surface area contributed by atoms with E-state index in [-0.39, 0.29) is 17.7 Å². The van der Waals surface area contributed by atoms with Crippen LogP contribution in [0.5, 0.6) is 0 Å². The lowest BCUT2D eigenvalue weighted by Gasteiger charge is -2.12. The van der Waals surface area contributed by atoms with E-state index in [2.05, 4.69) is 4.74 Å². The van der Waals surface area contributed by atoms with E-state index >= 15 is 0 Å². The number of hydrogen-bond acceptors (Lipinski definition) is 3. The first-order valence-corrected chi connectivity index (χ1v) is 5.14. The molecule has 0 saturated heterocycles. The van der Waals surface area contributed by atoms with Crippen LogP contribution in [0.2, 0.25) is 0 Å². The van der Waals surface area contributed by atoms with Crippen LogP contribution in [0.15, 0.2) is 18.2 Å². The van der Waals surface area contributed by atoms with Crippen LogP contribution in [0.3, 0.4) is 0 Å². The second-order valence-corrected chi connectivity index (χ2v) is 3.46. The molecule has 1 aromatic rings. The van der Waals surface area contributed by atoms with E-state index in [0.717, 1.165) is 18.2 Å². The van der Waals surface area contributed by atoms with Crippen LogP contribution in [0.1, 0.15) is 23.6 Å². The van der Waals surface area contributed by atoms with Crippen molar-refractivity contribution in [1.29, 1.82) is 5.26 Å². The van der Waals surface area contributed by atoms with Crippen LogP contribution < -0.4 is 0 Å². The molecule has 0 N–H and O–H groups in total. The van der Waals surface area contributed by atoms with Gasteiger partial charge >= 0.3 is 12.1 Å². The highest BCUT2D eigenvalue weighted by atomic mass is 19.4. The van der Waals surface area contributed by atoms with Gasteiger partial charge in [0.05, 0.1) is 30.2 Å². The van der Waals surface area contributed by atoms with Crippen molar-refractivity contribution in [1.82, 2.24) is 0 Å². The molecule has 0 heterocycles. The third kappa shape index (κ3) is 3.48. The lowest BCUT2D eigenvalue weighted by molar-refractivity contribution is -0.143. The van der Waals surface area contributed by atoms with E-state index in [1.54, 1.807) is 13.0 Å². The van der Waals surface area contributed by atoms with Gasteiger partial charge in [0.25, 0.3) is 0 Å². The van der Waals surface area contributed by atoms with Gasteiger partial charge in [-0.05, 0) is 30.7 Å². The fourth-order valence-electron chi connectivity index (χ4n) is 1.45. The Morgan fingerprint density at radius 3 is 2.61 bits per heavy atom. The number of nitrogens with zero attached hydrogens (tertiary/aromatic N) is 1.